The number of hydrogen-bond donors (Lipinski definition) is 0. The Morgan fingerprint density at radius 3 is 2.57 bits per heavy atom. The van der Waals surface area contributed by atoms with E-state index in [9.17, 15) is 9.18 Å². The Balaban J connectivity index is 1.86. The third-order valence-electron chi connectivity index (χ3n) is 4.20. The van der Waals surface area contributed by atoms with Gasteiger partial charge in [-0.05, 0) is 43.8 Å². The molecule has 0 spiro atoms. The van der Waals surface area contributed by atoms with Crippen LogP contribution < -0.4 is 0 Å². The predicted octanol–water partition coefficient (Wildman–Crippen LogP) is 2.58. The molecule has 0 saturated carbocycles. The van der Waals surface area contributed by atoms with Gasteiger partial charge < -0.3 is 9.80 Å². The molecule has 0 atom stereocenters. The van der Waals surface area contributed by atoms with Crippen molar-refractivity contribution >= 4 is 5.91 Å². The molecule has 5 heteroatoms. The molecule has 0 radical (unpaired) electrons. The summed E-state index contributed by atoms with van der Waals surface area (Å²) >= 11 is 0. The van der Waals surface area contributed by atoms with E-state index < -0.39 is 0 Å². The van der Waals surface area contributed by atoms with Crippen LogP contribution in [0.1, 0.15) is 15.9 Å². The molecular formula is C18H20FN3O. The number of hydrogen-bond acceptors (Lipinski definition) is 3. The fourth-order valence-electron chi connectivity index (χ4n) is 2.73. The molecule has 1 amide bonds. The van der Waals surface area contributed by atoms with E-state index in [1.807, 2.05) is 24.9 Å². The van der Waals surface area contributed by atoms with Gasteiger partial charge in [0, 0.05) is 43.5 Å². The van der Waals surface area contributed by atoms with Crippen LogP contribution in [0.15, 0.2) is 36.5 Å². The number of nitrogens with zero attached hydrogens (tertiary/aromatic N) is 3. The first-order valence-corrected chi connectivity index (χ1v) is 7.75. The van der Waals surface area contributed by atoms with Crippen LogP contribution >= 0.6 is 0 Å². The number of benzene rings is 1. The Kier molecular flexibility index (Phi) is 4.39. The minimum absolute atomic E-state index is 0.0192. The average Bonchev–Trinajstić information content (AvgIpc) is 2.55. The third kappa shape index (κ3) is 3.40. The van der Waals surface area contributed by atoms with Crippen molar-refractivity contribution in [1.82, 2.24) is 14.8 Å². The van der Waals surface area contributed by atoms with Crippen LogP contribution in [0.25, 0.3) is 11.3 Å². The van der Waals surface area contributed by atoms with Gasteiger partial charge in [-0.25, -0.2) is 4.39 Å². The van der Waals surface area contributed by atoms with E-state index >= 15 is 0 Å². The van der Waals surface area contributed by atoms with Crippen LogP contribution in [-0.2, 0) is 0 Å². The molecule has 0 unspecified atom stereocenters. The van der Waals surface area contributed by atoms with Crippen molar-refractivity contribution in [2.75, 3.05) is 33.2 Å². The normalized spacial score (nSPS) is 15.7. The summed E-state index contributed by atoms with van der Waals surface area (Å²) in [5.41, 5.74) is 2.32. The molecule has 2 aromatic rings. The number of halogens is 1. The van der Waals surface area contributed by atoms with Crippen molar-refractivity contribution in [1.29, 1.82) is 0 Å². The Bertz CT molecular complexity index is 724. The fourth-order valence-corrected chi connectivity index (χ4v) is 2.73. The molecule has 1 aromatic carbocycles. The second kappa shape index (κ2) is 6.46. The van der Waals surface area contributed by atoms with Gasteiger partial charge in [0.2, 0.25) is 0 Å². The molecule has 1 aliphatic heterocycles. The molecule has 2 heterocycles. The lowest BCUT2D eigenvalue weighted by molar-refractivity contribution is 0.0664. The number of aryl methyl sites for hydroxylation is 1. The van der Waals surface area contributed by atoms with E-state index in [1.54, 1.807) is 24.4 Å². The predicted molar refractivity (Wildman–Crippen MR) is 87.8 cm³/mol. The van der Waals surface area contributed by atoms with Crippen molar-refractivity contribution in [3.8, 4) is 11.3 Å². The fraction of sp³-hybridized carbons (Fsp3) is 0.333. The van der Waals surface area contributed by atoms with E-state index in [0.717, 1.165) is 18.7 Å². The summed E-state index contributed by atoms with van der Waals surface area (Å²) in [6.45, 7) is 5.01. The van der Waals surface area contributed by atoms with Crippen molar-refractivity contribution in [2.24, 2.45) is 0 Å². The summed E-state index contributed by atoms with van der Waals surface area (Å²) in [6, 6.07) is 8.39. The number of piperazine rings is 1. The lowest BCUT2D eigenvalue weighted by atomic mass is 10.1. The Morgan fingerprint density at radius 2 is 1.87 bits per heavy atom. The van der Waals surface area contributed by atoms with Crippen molar-refractivity contribution in [3.05, 3.63) is 53.5 Å². The maximum absolute atomic E-state index is 14.1. The van der Waals surface area contributed by atoms with E-state index in [2.05, 4.69) is 9.88 Å². The molecule has 120 valence electrons. The summed E-state index contributed by atoms with van der Waals surface area (Å²) in [7, 11) is 2.05. The summed E-state index contributed by atoms with van der Waals surface area (Å²) in [4.78, 5) is 20.9. The SMILES string of the molecule is Cc1ccc(-c2cc(C(=O)N3CCN(C)CC3)ccn2)c(F)c1. The Labute approximate surface area is 135 Å². The lowest BCUT2D eigenvalue weighted by Crippen LogP contribution is -2.47. The van der Waals surface area contributed by atoms with Gasteiger partial charge in [-0.3, -0.25) is 9.78 Å². The summed E-state index contributed by atoms with van der Waals surface area (Å²) < 4.78 is 14.1. The smallest absolute Gasteiger partial charge is 0.254 e. The van der Waals surface area contributed by atoms with Crippen LogP contribution in [0.2, 0.25) is 0 Å². The average molecular weight is 313 g/mol. The summed E-state index contributed by atoms with van der Waals surface area (Å²) in [5, 5.41) is 0. The Morgan fingerprint density at radius 1 is 1.13 bits per heavy atom. The van der Waals surface area contributed by atoms with Crippen LogP contribution in [0, 0.1) is 12.7 Å². The largest absolute Gasteiger partial charge is 0.336 e. The summed E-state index contributed by atoms with van der Waals surface area (Å²) in [6.07, 6.45) is 1.57. The zero-order valence-corrected chi connectivity index (χ0v) is 13.4. The van der Waals surface area contributed by atoms with Crippen molar-refractivity contribution in [3.63, 3.8) is 0 Å². The van der Waals surface area contributed by atoms with Crippen molar-refractivity contribution in [2.45, 2.75) is 6.92 Å². The standard InChI is InChI=1S/C18H20FN3O/c1-13-3-4-15(16(19)11-13)17-12-14(5-6-20-17)18(23)22-9-7-21(2)8-10-22/h3-6,11-12H,7-10H2,1-2H3. The highest BCUT2D eigenvalue weighted by molar-refractivity contribution is 5.95. The molecule has 1 aliphatic rings. The van der Waals surface area contributed by atoms with E-state index in [0.29, 0.717) is 29.9 Å². The zero-order valence-electron chi connectivity index (χ0n) is 13.4. The number of rotatable bonds is 2. The number of carbonyl (C=O) groups excluding carboxylic acids is 1. The minimum atomic E-state index is -0.318. The van der Waals surface area contributed by atoms with Gasteiger partial charge >= 0.3 is 0 Å². The third-order valence-corrected chi connectivity index (χ3v) is 4.20. The second-order valence-electron chi connectivity index (χ2n) is 6.01. The highest BCUT2D eigenvalue weighted by atomic mass is 19.1. The van der Waals surface area contributed by atoms with Gasteiger partial charge in [0.15, 0.2) is 0 Å². The molecule has 0 aliphatic carbocycles. The van der Waals surface area contributed by atoms with Crippen molar-refractivity contribution < 1.29 is 9.18 Å². The minimum Gasteiger partial charge on any atom is -0.336 e. The highest BCUT2D eigenvalue weighted by Crippen LogP contribution is 2.23. The maximum Gasteiger partial charge on any atom is 0.254 e. The van der Waals surface area contributed by atoms with E-state index in [-0.39, 0.29) is 11.7 Å². The van der Waals surface area contributed by atoms with Gasteiger partial charge in [-0.15, -0.1) is 0 Å². The van der Waals surface area contributed by atoms with Crippen LogP contribution in [-0.4, -0.2) is 53.9 Å². The first-order valence-electron chi connectivity index (χ1n) is 7.75. The van der Waals surface area contributed by atoms with E-state index in [1.165, 1.54) is 6.07 Å². The molecule has 4 nitrogen and oxygen atoms in total. The molecule has 0 bridgehead atoms. The highest BCUT2D eigenvalue weighted by Gasteiger charge is 2.21. The topological polar surface area (TPSA) is 36.4 Å². The number of aromatic nitrogens is 1. The first kappa shape index (κ1) is 15.6. The first-order chi connectivity index (χ1) is 11.0. The quantitative estimate of drug-likeness (QED) is 0.855. The molecule has 23 heavy (non-hydrogen) atoms. The number of amides is 1. The molecule has 0 N–H and O–H groups in total. The van der Waals surface area contributed by atoms with Gasteiger partial charge in [-0.2, -0.15) is 0 Å². The zero-order chi connectivity index (χ0) is 16.4. The lowest BCUT2D eigenvalue weighted by Gasteiger charge is -2.32. The molecule has 1 aromatic heterocycles. The van der Waals surface area contributed by atoms with E-state index in [4.69, 9.17) is 0 Å². The molecule has 1 saturated heterocycles. The number of pyridine rings is 1. The summed E-state index contributed by atoms with van der Waals surface area (Å²) in [5.74, 6) is -0.337. The second-order valence-corrected chi connectivity index (χ2v) is 6.01. The van der Waals surface area contributed by atoms with Crippen LogP contribution in [0.5, 0.6) is 0 Å². The van der Waals surface area contributed by atoms with Gasteiger partial charge in [0.05, 0.1) is 5.69 Å². The number of carbonyl (C=O) groups is 1. The van der Waals surface area contributed by atoms with Gasteiger partial charge in [0.25, 0.3) is 5.91 Å². The number of likely N-dealkylation sites (N-methyl/N-ethyl adjacent to an activating group) is 1. The van der Waals surface area contributed by atoms with Gasteiger partial charge in [0.1, 0.15) is 5.82 Å². The molecular weight excluding hydrogens is 293 g/mol. The van der Waals surface area contributed by atoms with Gasteiger partial charge in [-0.1, -0.05) is 6.07 Å². The Hall–Kier alpha value is -2.27. The molecule has 1 fully saturated rings. The van der Waals surface area contributed by atoms with Crippen LogP contribution in [0.4, 0.5) is 4.39 Å². The monoisotopic (exact) mass is 313 g/mol. The maximum atomic E-state index is 14.1. The van der Waals surface area contributed by atoms with Crippen LogP contribution in [0.3, 0.4) is 0 Å². The molecule has 3 rings (SSSR count).